The van der Waals surface area contributed by atoms with Crippen molar-refractivity contribution in [1.82, 2.24) is 0 Å². The first-order valence-corrected chi connectivity index (χ1v) is 16.5. The summed E-state index contributed by atoms with van der Waals surface area (Å²) in [5.41, 5.74) is 5.75. The topological polar surface area (TPSA) is 15.7 Å². The number of rotatable bonds is 24. The van der Waals surface area contributed by atoms with E-state index in [1.54, 1.807) is 0 Å². The molecule has 0 bridgehead atoms. The Morgan fingerprint density at radius 1 is 0.487 bits per heavy atom. The Balaban J connectivity index is 1.64. The molecule has 0 aliphatic heterocycles. The van der Waals surface area contributed by atoms with Gasteiger partial charge >= 0.3 is 0 Å². The summed E-state index contributed by atoms with van der Waals surface area (Å²) in [6.45, 7) is 15.6. The van der Waals surface area contributed by atoms with Crippen LogP contribution < -0.4 is 9.80 Å². The van der Waals surface area contributed by atoms with Crippen molar-refractivity contribution >= 4 is 11.4 Å². The van der Waals surface area contributed by atoms with E-state index in [-0.39, 0.29) is 0 Å². The molecule has 0 spiro atoms. The fourth-order valence-electron chi connectivity index (χ4n) is 5.12. The lowest BCUT2D eigenvalue weighted by Crippen LogP contribution is -2.25. The minimum absolute atomic E-state index is 0.887. The van der Waals surface area contributed by atoms with Crippen LogP contribution >= 0.6 is 0 Å². The molecule has 2 rings (SSSR count). The number of hydrogen-bond donors (Lipinski definition) is 0. The summed E-state index contributed by atoms with van der Waals surface area (Å²) in [6.07, 6.45) is 17.1. The molecule has 0 amide bonds. The molecule has 2 aromatic carbocycles. The van der Waals surface area contributed by atoms with Gasteiger partial charge in [0.2, 0.25) is 0 Å². The van der Waals surface area contributed by atoms with Gasteiger partial charge in [0.1, 0.15) is 0 Å². The lowest BCUT2D eigenvalue weighted by Gasteiger charge is -2.25. The maximum absolute atomic E-state index is 5.99. The van der Waals surface area contributed by atoms with E-state index in [0.29, 0.717) is 0 Å². The number of benzene rings is 2. The summed E-state index contributed by atoms with van der Waals surface area (Å²) in [6, 6.07) is 18.5. The third kappa shape index (κ3) is 14.3. The monoisotopic (exact) mass is 536 g/mol. The van der Waals surface area contributed by atoms with Gasteiger partial charge in [-0.05, 0) is 99.6 Å². The predicted molar refractivity (Wildman–Crippen MR) is 174 cm³/mol. The van der Waals surface area contributed by atoms with Crippen LogP contribution in [-0.2, 0) is 17.6 Å². The highest BCUT2D eigenvalue weighted by molar-refractivity contribution is 5.49. The zero-order valence-corrected chi connectivity index (χ0v) is 26.1. The molecule has 2 aromatic rings. The maximum Gasteiger partial charge on any atom is 0.0466 e. The molecule has 0 N–H and O–H groups in total. The molecule has 0 fully saturated rings. The lowest BCUT2D eigenvalue weighted by atomic mass is 10.1. The van der Waals surface area contributed by atoms with Gasteiger partial charge in [-0.2, -0.15) is 0 Å². The van der Waals surface area contributed by atoms with Crippen LogP contribution in [0.2, 0.25) is 0 Å². The molecular formula is C36H60N2O. The van der Waals surface area contributed by atoms with Gasteiger partial charge in [0.05, 0.1) is 0 Å². The normalized spacial score (nSPS) is 11.2. The van der Waals surface area contributed by atoms with Crippen LogP contribution in [0.1, 0.15) is 116 Å². The van der Waals surface area contributed by atoms with Crippen LogP contribution in [-0.4, -0.2) is 39.4 Å². The van der Waals surface area contributed by atoms with E-state index < -0.39 is 0 Å². The number of hydrogen-bond acceptors (Lipinski definition) is 3. The van der Waals surface area contributed by atoms with Gasteiger partial charge in [0.15, 0.2) is 0 Å². The zero-order chi connectivity index (χ0) is 28.0. The Hall–Kier alpha value is -2.00. The molecule has 0 aliphatic rings. The van der Waals surface area contributed by atoms with Crippen molar-refractivity contribution in [2.24, 2.45) is 0 Å². The second-order valence-corrected chi connectivity index (χ2v) is 11.3. The van der Waals surface area contributed by atoms with Crippen LogP contribution in [0.5, 0.6) is 0 Å². The number of aryl methyl sites for hydroxylation is 2. The first kappa shape index (κ1) is 33.2. The molecule has 0 aliphatic carbocycles. The number of ether oxygens (including phenoxy) is 1. The van der Waals surface area contributed by atoms with Gasteiger partial charge in [-0.25, -0.2) is 0 Å². The molecule has 0 heterocycles. The molecule has 0 aromatic heterocycles. The van der Waals surface area contributed by atoms with Crippen molar-refractivity contribution in [3.8, 4) is 0 Å². The lowest BCUT2D eigenvalue weighted by molar-refractivity contribution is 0.127. The Bertz CT molecular complexity index is 766. The number of unbranched alkanes of at least 4 members (excludes halogenated alkanes) is 6. The van der Waals surface area contributed by atoms with E-state index in [0.717, 1.165) is 38.9 Å². The molecule has 0 saturated heterocycles. The minimum atomic E-state index is 0.887. The van der Waals surface area contributed by atoms with Crippen LogP contribution in [0.4, 0.5) is 11.4 Å². The average molecular weight is 537 g/mol. The molecule has 39 heavy (non-hydrogen) atoms. The molecule has 220 valence electrons. The third-order valence-corrected chi connectivity index (χ3v) is 7.69. The molecule has 0 atom stereocenters. The summed E-state index contributed by atoms with van der Waals surface area (Å²) >= 11 is 0. The first-order chi connectivity index (χ1) is 19.2. The average Bonchev–Trinajstić information content (AvgIpc) is 2.97. The first-order valence-electron chi connectivity index (χ1n) is 16.5. The van der Waals surface area contributed by atoms with Crippen LogP contribution in [0.25, 0.3) is 0 Å². The summed E-state index contributed by atoms with van der Waals surface area (Å²) in [5.74, 6) is 0. The molecule has 0 radical (unpaired) electrons. The fraction of sp³-hybridized carbons (Fsp3) is 0.667. The SMILES string of the molecule is CCCCN(CCCC)c1cccc(CCCCOCCCCc2cccc(N(CCCC)CCCC)c2)c1. The van der Waals surface area contributed by atoms with Crippen molar-refractivity contribution < 1.29 is 4.74 Å². The van der Waals surface area contributed by atoms with Crippen LogP contribution in [0, 0.1) is 0 Å². The highest BCUT2D eigenvalue weighted by Crippen LogP contribution is 2.21. The predicted octanol–water partition coefficient (Wildman–Crippen LogP) is 9.86. The van der Waals surface area contributed by atoms with Crippen molar-refractivity contribution in [2.75, 3.05) is 49.2 Å². The Labute approximate surface area is 242 Å². The molecule has 3 heteroatoms. The van der Waals surface area contributed by atoms with Crippen molar-refractivity contribution in [1.29, 1.82) is 0 Å². The van der Waals surface area contributed by atoms with Gasteiger partial charge in [-0.3, -0.25) is 0 Å². The number of anilines is 2. The zero-order valence-electron chi connectivity index (χ0n) is 26.1. The molecule has 0 saturated carbocycles. The van der Waals surface area contributed by atoms with E-state index >= 15 is 0 Å². The highest BCUT2D eigenvalue weighted by atomic mass is 16.5. The third-order valence-electron chi connectivity index (χ3n) is 7.69. The Morgan fingerprint density at radius 2 is 0.872 bits per heavy atom. The van der Waals surface area contributed by atoms with Crippen molar-refractivity contribution in [3.63, 3.8) is 0 Å². The summed E-state index contributed by atoms with van der Waals surface area (Å²) < 4.78 is 5.99. The largest absolute Gasteiger partial charge is 0.381 e. The Kier molecular flexibility index (Phi) is 18.5. The molecule has 3 nitrogen and oxygen atoms in total. The van der Waals surface area contributed by atoms with Gasteiger partial charge in [-0.1, -0.05) is 77.6 Å². The minimum Gasteiger partial charge on any atom is -0.381 e. The van der Waals surface area contributed by atoms with Gasteiger partial charge in [-0.15, -0.1) is 0 Å². The number of nitrogens with zero attached hydrogens (tertiary/aromatic N) is 2. The van der Waals surface area contributed by atoms with E-state index in [4.69, 9.17) is 4.74 Å². The van der Waals surface area contributed by atoms with Crippen molar-refractivity contribution in [2.45, 2.75) is 118 Å². The van der Waals surface area contributed by atoms with E-state index in [9.17, 15) is 0 Å². The highest BCUT2D eigenvalue weighted by Gasteiger charge is 2.08. The van der Waals surface area contributed by atoms with Gasteiger partial charge in [0.25, 0.3) is 0 Å². The summed E-state index contributed by atoms with van der Waals surface area (Å²) in [5, 5.41) is 0. The van der Waals surface area contributed by atoms with E-state index in [1.165, 1.54) is 113 Å². The van der Waals surface area contributed by atoms with Crippen LogP contribution in [0.3, 0.4) is 0 Å². The van der Waals surface area contributed by atoms with Gasteiger partial charge in [0, 0.05) is 50.8 Å². The second-order valence-electron chi connectivity index (χ2n) is 11.3. The fourth-order valence-corrected chi connectivity index (χ4v) is 5.12. The summed E-state index contributed by atoms with van der Waals surface area (Å²) in [4.78, 5) is 5.18. The standard InChI is InChI=1S/C36H60N2O/c1-5-9-25-37(26-10-6-2)35-23-17-21-33(31-35)19-13-15-29-39-30-16-14-20-34-22-18-24-36(32-34)38(27-11-7-3)28-12-8-4/h17-18,21-24,31-32H,5-16,19-20,25-30H2,1-4H3. The summed E-state index contributed by atoms with van der Waals surface area (Å²) in [7, 11) is 0. The van der Waals surface area contributed by atoms with Crippen molar-refractivity contribution in [3.05, 3.63) is 59.7 Å². The van der Waals surface area contributed by atoms with Gasteiger partial charge < -0.3 is 14.5 Å². The van der Waals surface area contributed by atoms with E-state index in [2.05, 4.69) is 86.0 Å². The Morgan fingerprint density at radius 3 is 1.23 bits per heavy atom. The van der Waals surface area contributed by atoms with E-state index in [1.807, 2.05) is 0 Å². The molecule has 0 unspecified atom stereocenters. The smallest absolute Gasteiger partial charge is 0.0466 e. The van der Waals surface area contributed by atoms with Crippen LogP contribution in [0.15, 0.2) is 48.5 Å². The maximum atomic E-state index is 5.99. The quantitative estimate of drug-likeness (QED) is 0.124. The molecular weight excluding hydrogens is 476 g/mol. The second kappa shape index (κ2) is 21.8.